The molecule has 1 heteroatoms. The van der Waals surface area contributed by atoms with E-state index >= 15 is 0 Å². The molecule has 0 spiro atoms. The summed E-state index contributed by atoms with van der Waals surface area (Å²) in [6, 6.07) is 0. The zero-order chi connectivity index (χ0) is 5.86. The van der Waals surface area contributed by atoms with E-state index in [-0.39, 0.29) is 0 Å². The topological polar surface area (TPSA) is 0 Å². The first-order chi connectivity index (χ1) is 3.18. The van der Waals surface area contributed by atoms with Crippen LogP contribution in [0.4, 0.5) is 0 Å². The van der Waals surface area contributed by atoms with E-state index in [0.717, 1.165) is 10.1 Å². The number of allylic oxidation sites excluding steroid dienone is 3. The summed E-state index contributed by atoms with van der Waals surface area (Å²) in [6.07, 6.45) is 1.97. The molecule has 0 heterocycles. The van der Waals surface area contributed by atoms with E-state index in [1.807, 2.05) is 19.9 Å². The maximum absolute atomic E-state index is 3.71. The molecule has 0 saturated carbocycles. The Morgan fingerprint density at radius 1 is 1.71 bits per heavy atom. The predicted molar refractivity (Wildman–Crippen MR) is 37.5 cm³/mol. The molecule has 0 aromatic heterocycles. The van der Waals surface area contributed by atoms with Crippen molar-refractivity contribution in [3.8, 4) is 0 Å². The van der Waals surface area contributed by atoms with Gasteiger partial charge < -0.3 is 0 Å². The van der Waals surface area contributed by atoms with Gasteiger partial charge in [-0.25, -0.2) is 0 Å². The Morgan fingerprint density at radius 3 is 2.14 bits per heavy atom. The zero-order valence-electron chi connectivity index (χ0n) is 4.66. The highest BCUT2D eigenvalue weighted by atomic mass is 79.9. The van der Waals surface area contributed by atoms with Crippen LogP contribution in [0, 0.1) is 0 Å². The quantitative estimate of drug-likeness (QED) is 0.518. The van der Waals surface area contributed by atoms with Crippen LogP contribution in [0.5, 0.6) is 0 Å². The minimum absolute atomic E-state index is 1.07. The third-order valence-electron chi connectivity index (χ3n) is 0.661. The molecule has 0 aliphatic carbocycles. The van der Waals surface area contributed by atoms with Gasteiger partial charge in [-0.3, -0.25) is 0 Å². The molecule has 7 heavy (non-hydrogen) atoms. The van der Waals surface area contributed by atoms with Gasteiger partial charge in [-0.05, 0) is 19.4 Å². The summed E-state index contributed by atoms with van der Waals surface area (Å²) < 4.78 is 1.09. The molecule has 0 N–H and O–H groups in total. The SMILES string of the molecule is C=C(C)/C(Br)=C\C. The maximum Gasteiger partial charge on any atom is 0.0155 e. The molecule has 0 bridgehead atoms. The highest BCUT2D eigenvalue weighted by Gasteiger charge is 1.84. The Hall–Kier alpha value is -0.0400. The zero-order valence-corrected chi connectivity index (χ0v) is 6.25. The molecule has 0 saturated heterocycles. The van der Waals surface area contributed by atoms with Crippen LogP contribution in [0.1, 0.15) is 13.8 Å². The Morgan fingerprint density at radius 2 is 2.14 bits per heavy atom. The molecule has 0 aliphatic heterocycles. The molecule has 0 fully saturated rings. The average Bonchev–Trinajstić information content (AvgIpc) is 1.65. The summed E-state index contributed by atoms with van der Waals surface area (Å²) in [4.78, 5) is 0. The van der Waals surface area contributed by atoms with Crippen LogP contribution in [0.2, 0.25) is 0 Å². The molecule has 0 rings (SSSR count). The van der Waals surface area contributed by atoms with Crippen LogP contribution in [-0.4, -0.2) is 0 Å². The van der Waals surface area contributed by atoms with Crippen LogP contribution in [0.15, 0.2) is 22.7 Å². The highest BCUT2D eigenvalue weighted by molar-refractivity contribution is 9.11. The third kappa shape index (κ3) is 2.63. The lowest BCUT2D eigenvalue weighted by atomic mass is 10.3. The van der Waals surface area contributed by atoms with E-state index in [1.54, 1.807) is 0 Å². The minimum Gasteiger partial charge on any atom is -0.0950 e. The molecular formula is C6H9Br. The van der Waals surface area contributed by atoms with Crippen molar-refractivity contribution in [1.29, 1.82) is 0 Å². The van der Waals surface area contributed by atoms with Crippen LogP contribution in [-0.2, 0) is 0 Å². The number of halogens is 1. The Kier molecular flexibility index (Phi) is 3.01. The van der Waals surface area contributed by atoms with Gasteiger partial charge in [0.15, 0.2) is 0 Å². The summed E-state index contributed by atoms with van der Waals surface area (Å²) >= 11 is 3.30. The van der Waals surface area contributed by atoms with Crippen molar-refractivity contribution in [2.24, 2.45) is 0 Å². The van der Waals surface area contributed by atoms with E-state index in [9.17, 15) is 0 Å². The second-order valence-corrected chi connectivity index (χ2v) is 2.27. The molecule has 0 atom stereocenters. The Bertz CT molecular complexity index is 101. The van der Waals surface area contributed by atoms with E-state index in [1.165, 1.54) is 0 Å². The van der Waals surface area contributed by atoms with E-state index in [0.29, 0.717) is 0 Å². The van der Waals surface area contributed by atoms with Gasteiger partial charge in [0.1, 0.15) is 0 Å². The molecular weight excluding hydrogens is 152 g/mol. The van der Waals surface area contributed by atoms with Gasteiger partial charge in [-0.1, -0.05) is 28.6 Å². The fourth-order valence-electron chi connectivity index (χ4n) is 0.246. The second-order valence-electron chi connectivity index (χ2n) is 1.42. The lowest BCUT2D eigenvalue weighted by molar-refractivity contribution is 1.52. The van der Waals surface area contributed by atoms with Crippen molar-refractivity contribution in [2.75, 3.05) is 0 Å². The van der Waals surface area contributed by atoms with Gasteiger partial charge in [0.25, 0.3) is 0 Å². The number of hydrogen-bond acceptors (Lipinski definition) is 0. The number of hydrogen-bond donors (Lipinski definition) is 0. The molecule has 0 nitrogen and oxygen atoms in total. The van der Waals surface area contributed by atoms with Gasteiger partial charge in [-0.2, -0.15) is 0 Å². The Balaban J connectivity index is 3.82. The largest absolute Gasteiger partial charge is 0.0950 e. The molecule has 0 aliphatic rings. The first-order valence-corrected chi connectivity index (χ1v) is 2.95. The van der Waals surface area contributed by atoms with Crippen LogP contribution >= 0.6 is 15.9 Å². The molecule has 0 aromatic carbocycles. The Labute approximate surface area is 53.1 Å². The summed E-state index contributed by atoms with van der Waals surface area (Å²) in [7, 11) is 0. The highest BCUT2D eigenvalue weighted by Crippen LogP contribution is 2.12. The normalized spacial score (nSPS) is 11.6. The first-order valence-electron chi connectivity index (χ1n) is 2.16. The van der Waals surface area contributed by atoms with Crippen molar-refractivity contribution in [2.45, 2.75) is 13.8 Å². The smallest absolute Gasteiger partial charge is 0.0155 e. The van der Waals surface area contributed by atoms with Crippen molar-refractivity contribution in [1.82, 2.24) is 0 Å². The lowest BCUT2D eigenvalue weighted by Gasteiger charge is -1.89. The fourth-order valence-corrected chi connectivity index (χ4v) is 0.246. The van der Waals surface area contributed by atoms with Crippen molar-refractivity contribution in [3.05, 3.63) is 22.7 Å². The minimum atomic E-state index is 1.07. The standard InChI is InChI=1S/C6H9Br/c1-4-6(7)5(2)3/h4H,2H2,1,3H3/b6-4+. The molecule has 0 unspecified atom stereocenters. The monoisotopic (exact) mass is 160 g/mol. The van der Waals surface area contributed by atoms with Gasteiger partial charge in [-0.15, -0.1) is 0 Å². The van der Waals surface area contributed by atoms with E-state index in [2.05, 4.69) is 22.5 Å². The van der Waals surface area contributed by atoms with Crippen molar-refractivity contribution in [3.63, 3.8) is 0 Å². The third-order valence-corrected chi connectivity index (χ3v) is 1.80. The van der Waals surface area contributed by atoms with Crippen LogP contribution in [0.25, 0.3) is 0 Å². The van der Waals surface area contributed by atoms with Gasteiger partial charge in [0.05, 0.1) is 0 Å². The summed E-state index contributed by atoms with van der Waals surface area (Å²) in [5, 5.41) is 0. The predicted octanol–water partition coefficient (Wildman–Crippen LogP) is 2.86. The average molecular weight is 161 g/mol. The summed E-state index contributed by atoms with van der Waals surface area (Å²) in [6.45, 7) is 7.64. The van der Waals surface area contributed by atoms with Crippen molar-refractivity contribution < 1.29 is 0 Å². The first kappa shape index (κ1) is 6.96. The van der Waals surface area contributed by atoms with E-state index < -0.39 is 0 Å². The molecule has 0 radical (unpaired) electrons. The number of rotatable bonds is 1. The molecule has 40 valence electrons. The summed E-state index contributed by atoms with van der Waals surface area (Å²) in [5.41, 5.74) is 1.07. The van der Waals surface area contributed by atoms with Gasteiger partial charge in [0.2, 0.25) is 0 Å². The van der Waals surface area contributed by atoms with Gasteiger partial charge >= 0.3 is 0 Å². The lowest BCUT2D eigenvalue weighted by Crippen LogP contribution is -1.66. The summed E-state index contributed by atoms with van der Waals surface area (Å²) in [5.74, 6) is 0. The maximum atomic E-state index is 3.71. The molecule has 0 aromatic rings. The van der Waals surface area contributed by atoms with Crippen LogP contribution in [0.3, 0.4) is 0 Å². The fraction of sp³-hybridized carbons (Fsp3) is 0.333. The van der Waals surface area contributed by atoms with E-state index in [4.69, 9.17) is 0 Å². The molecule has 0 amide bonds. The van der Waals surface area contributed by atoms with Gasteiger partial charge in [0, 0.05) is 4.48 Å². The second kappa shape index (κ2) is 3.03. The van der Waals surface area contributed by atoms with Crippen LogP contribution < -0.4 is 0 Å². The van der Waals surface area contributed by atoms with Crippen molar-refractivity contribution >= 4 is 15.9 Å².